The molecule has 3 aromatic rings. The molecule has 1 heterocycles. The van der Waals surface area contributed by atoms with Crippen molar-refractivity contribution in [3.63, 3.8) is 0 Å². The Balaban J connectivity index is 1.83. The number of hydrogen-bond donors (Lipinski definition) is 1. The highest BCUT2D eigenvalue weighted by molar-refractivity contribution is 5.94. The number of carbonyl (C=O) groups is 1. The van der Waals surface area contributed by atoms with E-state index in [9.17, 15) is 9.59 Å². The summed E-state index contributed by atoms with van der Waals surface area (Å²) in [6.07, 6.45) is 1.50. The molecule has 0 radical (unpaired) electrons. The predicted molar refractivity (Wildman–Crippen MR) is 101 cm³/mol. The van der Waals surface area contributed by atoms with Gasteiger partial charge in [-0.3, -0.25) is 4.79 Å². The van der Waals surface area contributed by atoms with Gasteiger partial charge in [0, 0.05) is 11.3 Å². The molecule has 2 aromatic carbocycles. The van der Waals surface area contributed by atoms with Gasteiger partial charge in [0.05, 0.1) is 11.9 Å². The largest absolute Gasteiger partial charge is 0.365 e. The van der Waals surface area contributed by atoms with Gasteiger partial charge in [-0.25, -0.2) is 9.48 Å². The van der Waals surface area contributed by atoms with Crippen molar-refractivity contribution in [3.05, 3.63) is 76.3 Å². The van der Waals surface area contributed by atoms with Crippen molar-refractivity contribution in [2.24, 2.45) is 0 Å². The Bertz CT molecular complexity index is 996. The number of nitrogens with zero attached hydrogens (tertiary/aromatic N) is 3. The minimum Gasteiger partial charge on any atom is -0.324 e. The van der Waals surface area contributed by atoms with E-state index in [-0.39, 0.29) is 5.91 Å². The summed E-state index contributed by atoms with van der Waals surface area (Å²) in [6.45, 7) is 5.50. The molecule has 1 atom stereocenters. The van der Waals surface area contributed by atoms with Crippen LogP contribution in [0.4, 0.5) is 5.69 Å². The summed E-state index contributed by atoms with van der Waals surface area (Å²) in [5.41, 5.74) is 3.45. The summed E-state index contributed by atoms with van der Waals surface area (Å²) in [5.74, 6) is -0.317. The summed E-state index contributed by atoms with van der Waals surface area (Å²) in [6, 6.07) is 14.4. The van der Waals surface area contributed by atoms with Crippen molar-refractivity contribution < 1.29 is 4.79 Å². The van der Waals surface area contributed by atoms with E-state index >= 15 is 0 Å². The average Bonchev–Trinajstić information content (AvgIpc) is 2.64. The summed E-state index contributed by atoms with van der Waals surface area (Å²) in [7, 11) is 0. The van der Waals surface area contributed by atoms with Crippen LogP contribution >= 0.6 is 0 Å². The van der Waals surface area contributed by atoms with Gasteiger partial charge in [-0.15, -0.1) is 0 Å². The minimum atomic E-state index is -0.778. The third-order valence-corrected chi connectivity index (χ3v) is 4.18. The van der Waals surface area contributed by atoms with Crippen molar-refractivity contribution in [1.82, 2.24) is 14.8 Å². The quantitative estimate of drug-likeness (QED) is 0.786. The monoisotopic (exact) mass is 348 g/mol. The van der Waals surface area contributed by atoms with Gasteiger partial charge >= 0.3 is 5.69 Å². The molecule has 26 heavy (non-hydrogen) atoms. The summed E-state index contributed by atoms with van der Waals surface area (Å²) in [5, 5.41) is 6.99. The molecule has 0 aliphatic heterocycles. The number of benzene rings is 2. The van der Waals surface area contributed by atoms with Crippen LogP contribution in [0.15, 0.2) is 59.5 Å². The number of carbonyl (C=O) groups excluding carboxylic acids is 1. The first-order valence-corrected chi connectivity index (χ1v) is 8.35. The Morgan fingerprint density at radius 2 is 1.85 bits per heavy atom. The molecule has 0 saturated carbocycles. The zero-order valence-corrected chi connectivity index (χ0v) is 14.9. The minimum absolute atomic E-state index is 0.317. The van der Waals surface area contributed by atoms with Gasteiger partial charge in [-0.05, 0) is 38.0 Å². The van der Waals surface area contributed by atoms with Crippen LogP contribution in [0, 0.1) is 13.8 Å². The van der Waals surface area contributed by atoms with Crippen LogP contribution in [-0.2, 0) is 4.79 Å². The first-order valence-electron chi connectivity index (χ1n) is 8.35. The summed E-state index contributed by atoms with van der Waals surface area (Å²) < 4.78 is 1.09. The van der Waals surface area contributed by atoms with Gasteiger partial charge in [0.2, 0.25) is 5.91 Å². The van der Waals surface area contributed by atoms with Crippen LogP contribution in [-0.4, -0.2) is 20.7 Å². The molecule has 1 N–H and O–H groups in total. The maximum absolute atomic E-state index is 12.5. The van der Waals surface area contributed by atoms with Crippen LogP contribution in [0.1, 0.15) is 24.1 Å². The lowest BCUT2D eigenvalue weighted by molar-refractivity contribution is -0.119. The Labute approximate surface area is 151 Å². The van der Waals surface area contributed by atoms with E-state index in [4.69, 9.17) is 0 Å². The van der Waals surface area contributed by atoms with Crippen molar-refractivity contribution in [1.29, 1.82) is 0 Å². The zero-order valence-electron chi connectivity index (χ0n) is 14.9. The number of hydrogen-bond acceptors (Lipinski definition) is 4. The Morgan fingerprint density at radius 1 is 1.12 bits per heavy atom. The number of aryl methyl sites for hydroxylation is 2. The fourth-order valence-electron chi connectivity index (χ4n) is 2.58. The van der Waals surface area contributed by atoms with Crippen LogP contribution in [0.25, 0.3) is 11.3 Å². The van der Waals surface area contributed by atoms with Gasteiger partial charge in [-0.2, -0.15) is 10.1 Å². The maximum atomic E-state index is 12.5. The summed E-state index contributed by atoms with van der Waals surface area (Å²) in [4.78, 5) is 28.9. The molecule has 0 aliphatic carbocycles. The number of nitrogens with one attached hydrogen (secondary N) is 1. The van der Waals surface area contributed by atoms with Gasteiger partial charge in [0.15, 0.2) is 0 Å². The topological polar surface area (TPSA) is 76.9 Å². The fourth-order valence-corrected chi connectivity index (χ4v) is 2.58. The van der Waals surface area contributed by atoms with E-state index in [0.717, 1.165) is 27.1 Å². The molecule has 0 saturated heterocycles. The number of anilines is 1. The molecule has 6 heteroatoms. The molecule has 1 aromatic heterocycles. The second-order valence-electron chi connectivity index (χ2n) is 6.22. The van der Waals surface area contributed by atoms with E-state index in [1.807, 2.05) is 62.4 Å². The molecule has 3 rings (SSSR count). The van der Waals surface area contributed by atoms with Crippen molar-refractivity contribution in [3.8, 4) is 11.3 Å². The van der Waals surface area contributed by atoms with Crippen LogP contribution in [0.2, 0.25) is 0 Å². The van der Waals surface area contributed by atoms with Crippen LogP contribution in [0.3, 0.4) is 0 Å². The van der Waals surface area contributed by atoms with E-state index in [2.05, 4.69) is 15.4 Å². The Hall–Kier alpha value is -3.28. The first kappa shape index (κ1) is 17.5. The molecular weight excluding hydrogens is 328 g/mol. The second kappa shape index (κ2) is 7.31. The Morgan fingerprint density at radius 3 is 2.54 bits per heavy atom. The highest BCUT2D eigenvalue weighted by Gasteiger charge is 2.19. The Kier molecular flexibility index (Phi) is 4.93. The number of amides is 1. The predicted octanol–water partition coefficient (Wildman–Crippen LogP) is 3.12. The van der Waals surface area contributed by atoms with E-state index in [1.165, 1.54) is 6.20 Å². The molecule has 0 spiro atoms. The average molecular weight is 348 g/mol. The highest BCUT2D eigenvalue weighted by atomic mass is 16.2. The van der Waals surface area contributed by atoms with Crippen LogP contribution < -0.4 is 11.0 Å². The van der Waals surface area contributed by atoms with E-state index in [1.54, 1.807) is 6.92 Å². The maximum Gasteiger partial charge on any atom is 0.365 e. The molecule has 6 nitrogen and oxygen atoms in total. The summed E-state index contributed by atoms with van der Waals surface area (Å²) >= 11 is 0. The molecule has 0 unspecified atom stereocenters. The molecule has 132 valence electrons. The van der Waals surface area contributed by atoms with E-state index in [0.29, 0.717) is 5.69 Å². The molecule has 0 fully saturated rings. The SMILES string of the molecule is Cc1ccc(C)c(NC(=O)[C@@H](C)n2ncc(-c3ccccc3)nc2=O)c1. The van der Waals surface area contributed by atoms with Crippen LogP contribution in [0.5, 0.6) is 0 Å². The molecule has 1 amide bonds. The third kappa shape index (κ3) is 3.69. The number of rotatable bonds is 4. The normalized spacial score (nSPS) is 11.8. The number of aromatic nitrogens is 3. The van der Waals surface area contributed by atoms with E-state index < -0.39 is 11.7 Å². The lowest BCUT2D eigenvalue weighted by atomic mass is 10.1. The van der Waals surface area contributed by atoms with Crippen molar-refractivity contribution >= 4 is 11.6 Å². The third-order valence-electron chi connectivity index (χ3n) is 4.18. The first-order chi connectivity index (χ1) is 12.5. The molecular formula is C20H20N4O2. The lowest BCUT2D eigenvalue weighted by Gasteiger charge is -2.15. The smallest absolute Gasteiger partial charge is 0.324 e. The lowest BCUT2D eigenvalue weighted by Crippen LogP contribution is -2.35. The van der Waals surface area contributed by atoms with Gasteiger partial charge < -0.3 is 5.32 Å². The van der Waals surface area contributed by atoms with Crippen molar-refractivity contribution in [2.45, 2.75) is 26.8 Å². The van der Waals surface area contributed by atoms with Gasteiger partial charge in [-0.1, -0.05) is 42.5 Å². The standard InChI is InChI=1S/C20H20N4O2/c1-13-9-10-14(2)17(11-13)22-19(25)15(3)24-20(26)23-18(12-21-24)16-7-5-4-6-8-16/h4-12,15H,1-3H3,(H,22,25)/t15-/m1/s1. The van der Waals surface area contributed by atoms with Gasteiger partial charge in [0.25, 0.3) is 0 Å². The van der Waals surface area contributed by atoms with Gasteiger partial charge in [0.1, 0.15) is 6.04 Å². The molecule has 0 bridgehead atoms. The molecule has 0 aliphatic rings. The fraction of sp³-hybridized carbons (Fsp3) is 0.200. The zero-order chi connectivity index (χ0) is 18.7. The van der Waals surface area contributed by atoms with Crippen molar-refractivity contribution in [2.75, 3.05) is 5.32 Å². The second-order valence-corrected chi connectivity index (χ2v) is 6.22. The highest BCUT2D eigenvalue weighted by Crippen LogP contribution is 2.18.